The van der Waals surface area contributed by atoms with Crippen LogP contribution >= 0.6 is 23.1 Å². The van der Waals surface area contributed by atoms with Crippen molar-refractivity contribution in [1.82, 2.24) is 10.4 Å². The molecule has 1 aromatic heterocycles. The van der Waals surface area contributed by atoms with Gasteiger partial charge in [-0.3, -0.25) is 4.79 Å². The first-order valence-electron chi connectivity index (χ1n) is 7.08. The van der Waals surface area contributed by atoms with Crippen LogP contribution in [0.1, 0.15) is 11.1 Å². The van der Waals surface area contributed by atoms with Crippen molar-refractivity contribution in [2.75, 3.05) is 5.75 Å². The van der Waals surface area contributed by atoms with E-state index in [1.165, 1.54) is 17.3 Å². The summed E-state index contributed by atoms with van der Waals surface area (Å²) < 4.78 is 2.02. The largest absolute Gasteiger partial charge is 0.272 e. The molecule has 23 heavy (non-hydrogen) atoms. The number of carbonyl (C=O) groups excluding carboxylic acids is 1. The Labute approximate surface area is 142 Å². The molecule has 0 aliphatic rings. The van der Waals surface area contributed by atoms with Crippen LogP contribution in [0.5, 0.6) is 0 Å². The SMILES string of the molecule is Cc1ccc(/C=N/NC(=O)CSc2nc3ccccc3s2)cc1. The second kappa shape index (κ2) is 7.39. The normalized spacial score (nSPS) is 11.2. The van der Waals surface area contributed by atoms with E-state index in [0.717, 1.165) is 20.1 Å². The zero-order valence-electron chi connectivity index (χ0n) is 12.5. The van der Waals surface area contributed by atoms with Gasteiger partial charge >= 0.3 is 0 Å². The van der Waals surface area contributed by atoms with Gasteiger partial charge in [-0.15, -0.1) is 11.3 Å². The average molecular weight is 341 g/mol. The van der Waals surface area contributed by atoms with Crippen molar-refractivity contribution in [3.63, 3.8) is 0 Å². The van der Waals surface area contributed by atoms with Crippen molar-refractivity contribution in [2.45, 2.75) is 11.3 Å². The molecule has 2 aromatic carbocycles. The minimum Gasteiger partial charge on any atom is -0.272 e. The number of carbonyl (C=O) groups is 1. The summed E-state index contributed by atoms with van der Waals surface area (Å²) in [6.07, 6.45) is 1.64. The highest BCUT2D eigenvalue weighted by molar-refractivity contribution is 8.01. The van der Waals surface area contributed by atoms with E-state index in [0.29, 0.717) is 5.75 Å². The molecule has 0 fully saturated rings. The number of aromatic nitrogens is 1. The van der Waals surface area contributed by atoms with Crippen LogP contribution in [0.15, 0.2) is 58.0 Å². The number of rotatable bonds is 5. The summed E-state index contributed by atoms with van der Waals surface area (Å²) in [5, 5.41) is 3.97. The second-order valence-corrected chi connectivity index (χ2v) is 7.19. The molecule has 6 heteroatoms. The van der Waals surface area contributed by atoms with Gasteiger partial charge in [-0.2, -0.15) is 5.10 Å². The molecular weight excluding hydrogens is 326 g/mol. The van der Waals surface area contributed by atoms with Crippen molar-refractivity contribution in [2.24, 2.45) is 5.10 Å². The second-order valence-electron chi connectivity index (χ2n) is 4.94. The summed E-state index contributed by atoms with van der Waals surface area (Å²) in [4.78, 5) is 16.3. The number of hydrogen-bond acceptors (Lipinski definition) is 5. The molecule has 0 aliphatic heterocycles. The van der Waals surface area contributed by atoms with Crippen LogP contribution in [-0.2, 0) is 4.79 Å². The molecule has 0 unspecified atom stereocenters. The minimum atomic E-state index is -0.141. The Balaban J connectivity index is 1.50. The van der Waals surface area contributed by atoms with E-state index in [9.17, 15) is 4.79 Å². The summed E-state index contributed by atoms with van der Waals surface area (Å²) in [6.45, 7) is 2.03. The maximum absolute atomic E-state index is 11.8. The van der Waals surface area contributed by atoms with E-state index in [-0.39, 0.29) is 5.91 Å². The van der Waals surface area contributed by atoms with Gasteiger partial charge in [0.2, 0.25) is 0 Å². The molecule has 116 valence electrons. The predicted octanol–water partition coefficient (Wildman–Crippen LogP) is 3.85. The topological polar surface area (TPSA) is 54.4 Å². The van der Waals surface area contributed by atoms with Gasteiger partial charge in [0.05, 0.1) is 22.2 Å². The lowest BCUT2D eigenvalue weighted by Gasteiger charge is -1.98. The molecule has 0 bridgehead atoms. The zero-order valence-corrected chi connectivity index (χ0v) is 14.2. The summed E-state index contributed by atoms with van der Waals surface area (Å²) in [5.41, 5.74) is 5.65. The number of nitrogens with one attached hydrogen (secondary N) is 1. The van der Waals surface area contributed by atoms with Crippen LogP contribution < -0.4 is 5.43 Å². The van der Waals surface area contributed by atoms with Gasteiger partial charge in [-0.1, -0.05) is 53.7 Å². The fourth-order valence-corrected chi connectivity index (χ4v) is 3.76. The Morgan fingerprint density at radius 1 is 1.26 bits per heavy atom. The molecule has 0 atom stereocenters. The van der Waals surface area contributed by atoms with E-state index >= 15 is 0 Å². The molecule has 4 nitrogen and oxygen atoms in total. The maximum Gasteiger partial charge on any atom is 0.250 e. The Hall–Kier alpha value is -2.18. The first-order chi connectivity index (χ1) is 11.2. The number of hydrogen-bond donors (Lipinski definition) is 1. The maximum atomic E-state index is 11.8. The molecule has 1 N–H and O–H groups in total. The number of thiazole rings is 1. The first-order valence-corrected chi connectivity index (χ1v) is 8.88. The molecule has 0 saturated heterocycles. The van der Waals surface area contributed by atoms with Gasteiger partial charge in [0.25, 0.3) is 5.91 Å². The van der Waals surface area contributed by atoms with Gasteiger partial charge in [0, 0.05) is 0 Å². The Morgan fingerprint density at radius 3 is 2.83 bits per heavy atom. The lowest BCUT2D eigenvalue weighted by atomic mass is 10.2. The van der Waals surface area contributed by atoms with E-state index in [1.54, 1.807) is 17.6 Å². The molecule has 1 heterocycles. The lowest BCUT2D eigenvalue weighted by molar-refractivity contribution is -0.118. The highest BCUT2D eigenvalue weighted by Gasteiger charge is 2.06. The Morgan fingerprint density at radius 2 is 2.04 bits per heavy atom. The Kier molecular flexibility index (Phi) is 5.05. The minimum absolute atomic E-state index is 0.141. The third-order valence-corrected chi connectivity index (χ3v) is 5.26. The number of aryl methyl sites for hydroxylation is 1. The third kappa shape index (κ3) is 4.40. The van der Waals surface area contributed by atoms with Crippen molar-refractivity contribution in [3.8, 4) is 0 Å². The average Bonchev–Trinajstić information content (AvgIpc) is 2.98. The molecule has 0 radical (unpaired) electrons. The fraction of sp³-hybridized carbons (Fsp3) is 0.118. The van der Waals surface area contributed by atoms with Crippen LogP contribution in [0.4, 0.5) is 0 Å². The third-order valence-electron chi connectivity index (χ3n) is 3.08. The number of hydrazone groups is 1. The van der Waals surface area contributed by atoms with Gasteiger partial charge in [0.15, 0.2) is 4.34 Å². The van der Waals surface area contributed by atoms with Crippen molar-refractivity contribution in [1.29, 1.82) is 0 Å². The standard InChI is InChI=1S/C17H15N3OS2/c1-12-6-8-13(9-7-12)10-18-20-16(21)11-22-17-19-14-4-2-3-5-15(14)23-17/h2-10H,11H2,1H3,(H,20,21)/b18-10+. The smallest absolute Gasteiger partial charge is 0.250 e. The molecule has 0 saturated carbocycles. The zero-order chi connectivity index (χ0) is 16.1. The molecule has 0 spiro atoms. The van der Waals surface area contributed by atoms with Gasteiger partial charge in [-0.05, 0) is 24.6 Å². The van der Waals surface area contributed by atoms with Crippen LogP contribution in [0.25, 0.3) is 10.2 Å². The summed E-state index contributed by atoms with van der Waals surface area (Å²) in [6, 6.07) is 15.9. The molecular formula is C17H15N3OS2. The quantitative estimate of drug-likeness (QED) is 0.436. The van der Waals surface area contributed by atoms with E-state index in [1.807, 2.05) is 55.5 Å². The number of fused-ring (bicyclic) bond motifs is 1. The van der Waals surface area contributed by atoms with Gasteiger partial charge < -0.3 is 0 Å². The predicted molar refractivity (Wildman–Crippen MR) is 97.3 cm³/mol. The van der Waals surface area contributed by atoms with Crippen molar-refractivity contribution in [3.05, 3.63) is 59.7 Å². The monoisotopic (exact) mass is 341 g/mol. The fourth-order valence-electron chi connectivity index (χ4n) is 1.90. The first kappa shape index (κ1) is 15.7. The molecule has 3 aromatic rings. The van der Waals surface area contributed by atoms with Crippen LogP contribution in [0.2, 0.25) is 0 Å². The van der Waals surface area contributed by atoms with Crippen molar-refractivity contribution >= 4 is 45.4 Å². The van der Waals surface area contributed by atoms with Gasteiger partial charge in [-0.25, -0.2) is 10.4 Å². The summed E-state index contributed by atoms with van der Waals surface area (Å²) >= 11 is 3.02. The number of benzene rings is 2. The van der Waals surface area contributed by atoms with E-state index in [2.05, 4.69) is 15.5 Å². The number of para-hydroxylation sites is 1. The van der Waals surface area contributed by atoms with Gasteiger partial charge in [0.1, 0.15) is 0 Å². The number of thioether (sulfide) groups is 1. The van der Waals surface area contributed by atoms with Crippen LogP contribution in [-0.4, -0.2) is 22.9 Å². The summed E-state index contributed by atoms with van der Waals surface area (Å²) in [5.74, 6) is 0.156. The molecule has 0 aliphatic carbocycles. The van der Waals surface area contributed by atoms with E-state index in [4.69, 9.17) is 0 Å². The van der Waals surface area contributed by atoms with E-state index < -0.39 is 0 Å². The number of amides is 1. The Bertz CT molecular complexity index is 807. The van der Waals surface area contributed by atoms with Crippen LogP contribution in [0.3, 0.4) is 0 Å². The molecule has 3 rings (SSSR count). The molecule has 1 amide bonds. The number of nitrogens with zero attached hydrogens (tertiary/aromatic N) is 2. The summed E-state index contributed by atoms with van der Waals surface area (Å²) in [7, 11) is 0. The van der Waals surface area contributed by atoms with Crippen molar-refractivity contribution < 1.29 is 4.79 Å². The highest BCUT2D eigenvalue weighted by atomic mass is 32.2. The highest BCUT2D eigenvalue weighted by Crippen LogP contribution is 2.28. The lowest BCUT2D eigenvalue weighted by Crippen LogP contribution is -2.19. The van der Waals surface area contributed by atoms with Crippen LogP contribution in [0, 0.1) is 6.92 Å².